The van der Waals surface area contributed by atoms with E-state index in [9.17, 15) is 9.18 Å². The van der Waals surface area contributed by atoms with Crippen molar-refractivity contribution in [1.29, 1.82) is 0 Å². The van der Waals surface area contributed by atoms with Crippen LogP contribution in [0.15, 0.2) is 52.3 Å². The van der Waals surface area contributed by atoms with Gasteiger partial charge >= 0.3 is 0 Å². The van der Waals surface area contributed by atoms with Gasteiger partial charge in [0.2, 0.25) is 0 Å². The summed E-state index contributed by atoms with van der Waals surface area (Å²) >= 11 is 1.51. The molecule has 0 bridgehead atoms. The molecule has 5 rings (SSSR count). The number of piperidine rings is 1. The Labute approximate surface area is 185 Å². The summed E-state index contributed by atoms with van der Waals surface area (Å²) in [6.07, 6.45) is 5.49. The number of aromatic nitrogens is 2. The van der Waals surface area contributed by atoms with Gasteiger partial charge in [-0.15, -0.1) is 0 Å². The van der Waals surface area contributed by atoms with E-state index in [1.807, 2.05) is 36.4 Å². The molecule has 5 nitrogen and oxygen atoms in total. The number of carbonyl (C=O) groups is 1. The molecule has 1 saturated heterocycles. The Kier molecular flexibility index (Phi) is 5.78. The van der Waals surface area contributed by atoms with Crippen molar-refractivity contribution in [2.45, 2.75) is 36.6 Å². The minimum Gasteiger partial charge on any atom is -0.349 e. The topological polar surface area (TPSA) is 61.0 Å². The molecular formula is C24H25FN4OS. The van der Waals surface area contributed by atoms with Crippen LogP contribution in [0.4, 0.5) is 4.39 Å². The number of hydrogen-bond acceptors (Lipinski definition) is 4. The lowest BCUT2D eigenvalue weighted by Gasteiger charge is -2.32. The Morgan fingerprint density at radius 1 is 1.19 bits per heavy atom. The maximum atomic E-state index is 13.7. The Morgan fingerprint density at radius 3 is 2.87 bits per heavy atom. The monoisotopic (exact) mass is 436 g/mol. The third-order valence-corrected chi connectivity index (χ3v) is 7.17. The number of rotatable bonds is 6. The lowest BCUT2D eigenvalue weighted by Crippen LogP contribution is -2.45. The van der Waals surface area contributed by atoms with Crippen molar-refractivity contribution in [1.82, 2.24) is 20.4 Å². The molecule has 1 fully saturated rings. The van der Waals surface area contributed by atoms with Gasteiger partial charge in [-0.25, -0.2) is 4.39 Å². The van der Waals surface area contributed by atoms with Crippen LogP contribution in [-0.4, -0.2) is 46.7 Å². The van der Waals surface area contributed by atoms with E-state index in [1.54, 1.807) is 6.07 Å². The molecule has 3 heterocycles. The van der Waals surface area contributed by atoms with Crippen LogP contribution in [0.2, 0.25) is 0 Å². The molecular weight excluding hydrogens is 411 g/mol. The number of likely N-dealkylation sites (tertiary alicyclic amines) is 1. The van der Waals surface area contributed by atoms with Crippen molar-refractivity contribution < 1.29 is 9.18 Å². The fraction of sp³-hybridized carbons (Fsp3) is 0.333. The SMILES string of the molecule is O=C(NC1CCN(CCCc2ccccc2F)CC1)C1=Cc2[nH]nc3cccc(c23)S1. The zero-order chi connectivity index (χ0) is 21.2. The molecule has 2 N–H and O–H groups in total. The third-order valence-electron chi connectivity index (χ3n) is 6.09. The van der Waals surface area contributed by atoms with Crippen molar-refractivity contribution in [3.63, 3.8) is 0 Å². The normalized spacial score (nSPS) is 17.0. The second-order valence-electron chi connectivity index (χ2n) is 8.18. The summed E-state index contributed by atoms with van der Waals surface area (Å²) < 4.78 is 13.7. The molecule has 2 aliphatic heterocycles. The quantitative estimate of drug-likeness (QED) is 0.603. The van der Waals surface area contributed by atoms with Crippen molar-refractivity contribution >= 4 is 34.6 Å². The van der Waals surface area contributed by atoms with Crippen LogP contribution in [0.25, 0.3) is 17.0 Å². The number of nitrogens with one attached hydrogen (secondary N) is 2. The molecule has 0 saturated carbocycles. The summed E-state index contributed by atoms with van der Waals surface area (Å²) in [5, 5.41) is 11.7. The van der Waals surface area contributed by atoms with E-state index >= 15 is 0 Å². The van der Waals surface area contributed by atoms with Crippen LogP contribution >= 0.6 is 11.8 Å². The average Bonchev–Trinajstić information content (AvgIpc) is 3.21. The molecule has 0 unspecified atom stereocenters. The maximum Gasteiger partial charge on any atom is 0.258 e. The first-order valence-electron chi connectivity index (χ1n) is 10.8. The Balaban J connectivity index is 1.11. The lowest BCUT2D eigenvalue weighted by molar-refractivity contribution is -0.117. The molecule has 160 valence electrons. The number of thioether (sulfide) groups is 1. The minimum absolute atomic E-state index is 0.0137. The number of benzene rings is 2. The number of nitrogens with zero attached hydrogens (tertiary/aromatic N) is 2. The van der Waals surface area contributed by atoms with Crippen LogP contribution in [0.1, 0.15) is 30.5 Å². The summed E-state index contributed by atoms with van der Waals surface area (Å²) in [6.45, 7) is 2.87. The second-order valence-corrected chi connectivity index (χ2v) is 9.27. The first-order chi connectivity index (χ1) is 15.2. The van der Waals surface area contributed by atoms with Gasteiger partial charge in [-0.1, -0.05) is 36.0 Å². The molecule has 1 aromatic heterocycles. The van der Waals surface area contributed by atoms with Crippen LogP contribution in [-0.2, 0) is 11.2 Å². The third kappa shape index (κ3) is 4.38. The number of aromatic amines is 1. The zero-order valence-corrected chi connectivity index (χ0v) is 18.1. The summed E-state index contributed by atoms with van der Waals surface area (Å²) in [4.78, 5) is 17.1. The van der Waals surface area contributed by atoms with E-state index in [2.05, 4.69) is 20.4 Å². The average molecular weight is 437 g/mol. The van der Waals surface area contributed by atoms with Crippen LogP contribution in [0, 0.1) is 5.82 Å². The summed E-state index contributed by atoms with van der Waals surface area (Å²) in [6, 6.07) is 13.2. The van der Waals surface area contributed by atoms with E-state index in [0.29, 0.717) is 4.91 Å². The molecule has 0 spiro atoms. The molecule has 7 heteroatoms. The molecule has 0 radical (unpaired) electrons. The van der Waals surface area contributed by atoms with Crippen LogP contribution in [0.3, 0.4) is 0 Å². The molecule has 0 atom stereocenters. The fourth-order valence-corrected chi connectivity index (χ4v) is 5.42. The van der Waals surface area contributed by atoms with Gasteiger partial charge in [-0.2, -0.15) is 5.10 Å². The number of halogens is 1. The molecule has 3 aromatic rings. The molecule has 0 aliphatic carbocycles. The number of hydrogen-bond donors (Lipinski definition) is 2. The molecule has 2 aromatic carbocycles. The number of carbonyl (C=O) groups excluding carboxylic acids is 1. The van der Waals surface area contributed by atoms with Gasteiger partial charge in [0.15, 0.2) is 0 Å². The standard InChI is InChI=1S/C24H25FN4OS/c25-18-7-2-1-5-16(18)6-4-12-29-13-10-17(11-14-29)26-24(30)22-15-20-23-19(27-28-20)8-3-9-21(23)31-22/h1-3,5,7-9,15,17H,4,6,10-14H2,(H,26,30)(H,27,28). The molecule has 31 heavy (non-hydrogen) atoms. The number of H-pyrrole nitrogens is 1. The van der Waals surface area contributed by atoms with Gasteiger partial charge in [-0.3, -0.25) is 9.89 Å². The van der Waals surface area contributed by atoms with E-state index in [4.69, 9.17) is 0 Å². The first kappa shape index (κ1) is 20.3. The van der Waals surface area contributed by atoms with E-state index in [1.165, 1.54) is 17.8 Å². The van der Waals surface area contributed by atoms with Crippen molar-refractivity contribution in [2.24, 2.45) is 0 Å². The first-order valence-corrected chi connectivity index (χ1v) is 11.6. The van der Waals surface area contributed by atoms with Crippen molar-refractivity contribution in [3.8, 4) is 0 Å². The number of amides is 1. The smallest absolute Gasteiger partial charge is 0.258 e. The Morgan fingerprint density at radius 2 is 2.03 bits per heavy atom. The highest BCUT2D eigenvalue weighted by Gasteiger charge is 2.25. The highest BCUT2D eigenvalue weighted by atomic mass is 32.2. The number of aryl methyl sites for hydroxylation is 1. The van der Waals surface area contributed by atoms with Gasteiger partial charge in [-0.05, 0) is 62.1 Å². The van der Waals surface area contributed by atoms with Gasteiger partial charge in [0, 0.05) is 29.4 Å². The van der Waals surface area contributed by atoms with Gasteiger partial charge < -0.3 is 10.2 Å². The fourth-order valence-electron chi connectivity index (χ4n) is 4.39. The Bertz CT molecular complexity index is 1130. The van der Waals surface area contributed by atoms with E-state index in [-0.39, 0.29) is 17.8 Å². The zero-order valence-electron chi connectivity index (χ0n) is 17.2. The highest BCUT2D eigenvalue weighted by molar-refractivity contribution is 8.04. The van der Waals surface area contributed by atoms with Crippen LogP contribution in [0.5, 0.6) is 0 Å². The Hall–Kier alpha value is -2.64. The van der Waals surface area contributed by atoms with Gasteiger partial charge in [0.25, 0.3) is 5.91 Å². The minimum atomic E-state index is -0.114. The summed E-state index contributed by atoms with van der Waals surface area (Å²) in [5.41, 5.74) is 2.62. The lowest BCUT2D eigenvalue weighted by atomic mass is 10.0. The van der Waals surface area contributed by atoms with Crippen LogP contribution < -0.4 is 5.32 Å². The maximum absolute atomic E-state index is 13.7. The summed E-state index contributed by atoms with van der Waals surface area (Å²) in [7, 11) is 0. The predicted octanol–water partition coefficient (Wildman–Crippen LogP) is 4.36. The predicted molar refractivity (Wildman–Crippen MR) is 122 cm³/mol. The van der Waals surface area contributed by atoms with E-state index in [0.717, 1.165) is 72.4 Å². The van der Waals surface area contributed by atoms with Gasteiger partial charge in [0.05, 0.1) is 16.1 Å². The highest BCUT2D eigenvalue weighted by Crippen LogP contribution is 2.39. The van der Waals surface area contributed by atoms with E-state index < -0.39 is 0 Å². The van der Waals surface area contributed by atoms with Crippen molar-refractivity contribution in [3.05, 3.63) is 64.4 Å². The largest absolute Gasteiger partial charge is 0.349 e. The van der Waals surface area contributed by atoms with Gasteiger partial charge in [0.1, 0.15) is 5.82 Å². The molecule has 2 aliphatic rings. The molecule has 1 amide bonds. The second kappa shape index (κ2) is 8.85. The van der Waals surface area contributed by atoms with Crippen molar-refractivity contribution in [2.75, 3.05) is 19.6 Å². The summed E-state index contributed by atoms with van der Waals surface area (Å²) in [5.74, 6) is -0.127.